The van der Waals surface area contributed by atoms with Crippen molar-refractivity contribution in [2.75, 3.05) is 11.1 Å². The number of thiazole rings is 1. The monoisotopic (exact) mass is 461 g/mol. The number of carbonyl (C=O) groups excluding carboxylic acids is 1. The smallest absolute Gasteiger partial charge is 0.236 e. The molecule has 29 heavy (non-hydrogen) atoms. The summed E-state index contributed by atoms with van der Waals surface area (Å²) in [6, 6.07) is 14.9. The largest absolute Gasteiger partial charge is 0.301 e. The molecule has 0 saturated heterocycles. The van der Waals surface area contributed by atoms with Crippen molar-refractivity contribution in [2.24, 2.45) is 0 Å². The van der Waals surface area contributed by atoms with E-state index in [4.69, 9.17) is 23.2 Å². The van der Waals surface area contributed by atoms with Crippen LogP contribution in [0.4, 0.5) is 5.13 Å². The van der Waals surface area contributed by atoms with Crippen molar-refractivity contribution >= 4 is 57.3 Å². The van der Waals surface area contributed by atoms with Crippen LogP contribution in [0.25, 0.3) is 17.1 Å². The average Bonchev–Trinajstić information content (AvgIpc) is 3.37. The molecule has 2 aromatic heterocycles. The summed E-state index contributed by atoms with van der Waals surface area (Å²) in [6.07, 6.45) is 1.64. The lowest BCUT2D eigenvalue weighted by atomic mass is 10.2. The fraction of sp³-hybridized carbons (Fsp3) is 0.0526. The van der Waals surface area contributed by atoms with Crippen LogP contribution in [0.15, 0.2) is 65.3 Å². The molecule has 4 rings (SSSR count). The molecule has 0 aliphatic carbocycles. The van der Waals surface area contributed by atoms with Crippen LogP contribution in [0.5, 0.6) is 0 Å². The lowest BCUT2D eigenvalue weighted by Gasteiger charge is -2.11. The summed E-state index contributed by atoms with van der Waals surface area (Å²) in [6.45, 7) is 0. The van der Waals surface area contributed by atoms with Gasteiger partial charge in [-0.3, -0.25) is 9.36 Å². The molecule has 0 bridgehead atoms. The minimum Gasteiger partial charge on any atom is -0.301 e. The van der Waals surface area contributed by atoms with Crippen molar-refractivity contribution in [1.82, 2.24) is 19.7 Å². The summed E-state index contributed by atoms with van der Waals surface area (Å²) in [4.78, 5) is 16.3. The summed E-state index contributed by atoms with van der Waals surface area (Å²) >= 11 is 15.1. The Kier molecular flexibility index (Phi) is 6.15. The molecule has 0 atom stereocenters. The second kappa shape index (κ2) is 8.96. The zero-order valence-corrected chi connectivity index (χ0v) is 17.9. The number of thioether (sulfide) groups is 1. The van der Waals surface area contributed by atoms with E-state index in [1.165, 1.54) is 23.1 Å². The molecule has 0 saturated carbocycles. The van der Waals surface area contributed by atoms with Crippen LogP contribution in [0.1, 0.15) is 0 Å². The van der Waals surface area contributed by atoms with Gasteiger partial charge >= 0.3 is 0 Å². The van der Waals surface area contributed by atoms with E-state index >= 15 is 0 Å². The first-order chi connectivity index (χ1) is 14.1. The molecule has 0 spiro atoms. The lowest BCUT2D eigenvalue weighted by molar-refractivity contribution is -0.113. The Labute approximate surface area is 184 Å². The fourth-order valence-electron chi connectivity index (χ4n) is 2.59. The number of hydrogen-bond donors (Lipinski definition) is 1. The Morgan fingerprint density at radius 1 is 1.14 bits per heavy atom. The quantitative estimate of drug-likeness (QED) is 0.387. The van der Waals surface area contributed by atoms with Gasteiger partial charge in [-0.25, -0.2) is 4.98 Å². The lowest BCUT2D eigenvalue weighted by Crippen LogP contribution is -2.14. The van der Waals surface area contributed by atoms with E-state index in [9.17, 15) is 4.79 Å². The number of anilines is 1. The first kappa shape index (κ1) is 19.9. The summed E-state index contributed by atoms with van der Waals surface area (Å²) in [5.41, 5.74) is 1.56. The number of carbonyl (C=O) groups is 1. The number of aromatic nitrogens is 4. The summed E-state index contributed by atoms with van der Waals surface area (Å²) < 4.78 is 1.87. The number of halogens is 2. The van der Waals surface area contributed by atoms with Gasteiger partial charge in [0.05, 0.1) is 10.8 Å². The Balaban J connectivity index is 1.65. The molecule has 6 nitrogen and oxygen atoms in total. The molecule has 0 radical (unpaired) electrons. The number of amides is 1. The Hall–Kier alpha value is -2.39. The topological polar surface area (TPSA) is 72.7 Å². The first-order valence-corrected chi connectivity index (χ1v) is 11.0. The number of rotatable bonds is 6. The highest BCUT2D eigenvalue weighted by Crippen LogP contribution is 2.33. The third-order valence-corrected chi connectivity index (χ3v) is 6.00. The number of nitrogens with one attached hydrogen (secondary N) is 1. The van der Waals surface area contributed by atoms with Crippen molar-refractivity contribution in [3.63, 3.8) is 0 Å². The predicted octanol–water partition coefficient (Wildman–Crippen LogP) is 5.43. The maximum atomic E-state index is 12.2. The van der Waals surface area contributed by atoms with Crippen LogP contribution in [-0.2, 0) is 4.79 Å². The molecule has 10 heteroatoms. The molecule has 1 N–H and O–H groups in total. The molecular formula is C19H13Cl2N5OS2. The molecule has 0 unspecified atom stereocenters. The van der Waals surface area contributed by atoms with Crippen molar-refractivity contribution in [1.29, 1.82) is 0 Å². The summed E-state index contributed by atoms with van der Waals surface area (Å²) in [7, 11) is 0. The van der Waals surface area contributed by atoms with Gasteiger partial charge in [0.15, 0.2) is 16.1 Å². The molecule has 2 heterocycles. The minimum absolute atomic E-state index is 0.166. The van der Waals surface area contributed by atoms with Crippen LogP contribution >= 0.6 is 46.3 Å². The fourth-order valence-corrected chi connectivity index (χ4v) is 4.38. The molecule has 4 aromatic rings. The SMILES string of the molecule is O=C(CSc1nnc(-c2ccc(Cl)cc2Cl)n1-c1ccccc1)Nc1nccs1. The van der Waals surface area contributed by atoms with Crippen molar-refractivity contribution < 1.29 is 4.79 Å². The second-order valence-electron chi connectivity index (χ2n) is 5.78. The van der Waals surface area contributed by atoms with Gasteiger partial charge < -0.3 is 5.32 Å². The normalized spacial score (nSPS) is 10.8. The number of benzene rings is 2. The van der Waals surface area contributed by atoms with E-state index < -0.39 is 0 Å². The predicted molar refractivity (Wildman–Crippen MR) is 118 cm³/mol. The summed E-state index contributed by atoms with van der Waals surface area (Å²) in [5, 5.41) is 15.3. The van der Waals surface area contributed by atoms with Crippen LogP contribution in [-0.4, -0.2) is 31.4 Å². The van der Waals surface area contributed by atoms with Crippen LogP contribution in [0.3, 0.4) is 0 Å². The number of hydrogen-bond acceptors (Lipinski definition) is 6. The molecule has 0 aliphatic rings. The highest BCUT2D eigenvalue weighted by atomic mass is 35.5. The van der Waals surface area contributed by atoms with Gasteiger partial charge in [0.25, 0.3) is 0 Å². The van der Waals surface area contributed by atoms with Gasteiger partial charge in [0, 0.05) is 27.9 Å². The van der Waals surface area contributed by atoms with E-state index in [0.29, 0.717) is 31.7 Å². The van der Waals surface area contributed by atoms with Gasteiger partial charge in [0.2, 0.25) is 5.91 Å². The van der Waals surface area contributed by atoms with Crippen molar-refractivity contribution in [3.05, 3.63) is 70.2 Å². The minimum atomic E-state index is -0.168. The van der Waals surface area contributed by atoms with Crippen LogP contribution < -0.4 is 5.32 Å². The molecule has 2 aromatic carbocycles. The van der Waals surface area contributed by atoms with E-state index in [1.54, 1.807) is 29.8 Å². The van der Waals surface area contributed by atoms with E-state index in [2.05, 4.69) is 20.5 Å². The Bertz CT molecular complexity index is 1130. The van der Waals surface area contributed by atoms with Crippen molar-refractivity contribution in [2.45, 2.75) is 5.16 Å². The van der Waals surface area contributed by atoms with Gasteiger partial charge in [-0.1, -0.05) is 53.2 Å². The second-order valence-corrected chi connectivity index (χ2v) is 8.46. The van der Waals surface area contributed by atoms with E-state index in [-0.39, 0.29) is 11.7 Å². The van der Waals surface area contributed by atoms with Crippen LogP contribution in [0.2, 0.25) is 10.0 Å². The standard InChI is InChI=1S/C19H13Cl2N5OS2/c20-12-6-7-14(15(21)10-12)17-24-25-19(26(17)13-4-2-1-3-5-13)29-11-16(27)23-18-22-8-9-28-18/h1-10H,11H2,(H,22,23,27). The van der Waals surface area contributed by atoms with Gasteiger partial charge in [-0.15, -0.1) is 21.5 Å². The summed E-state index contributed by atoms with van der Waals surface area (Å²) in [5.74, 6) is 0.568. The van der Waals surface area contributed by atoms with Crippen LogP contribution in [0, 0.1) is 0 Å². The molecule has 0 fully saturated rings. The first-order valence-electron chi connectivity index (χ1n) is 8.40. The van der Waals surface area contributed by atoms with Gasteiger partial charge in [0.1, 0.15) is 0 Å². The molecular weight excluding hydrogens is 449 g/mol. The average molecular weight is 462 g/mol. The third kappa shape index (κ3) is 4.62. The van der Waals surface area contributed by atoms with Gasteiger partial charge in [-0.05, 0) is 30.3 Å². The maximum Gasteiger partial charge on any atom is 0.236 e. The van der Waals surface area contributed by atoms with E-state index in [0.717, 1.165) is 5.69 Å². The maximum absolute atomic E-state index is 12.2. The Morgan fingerprint density at radius 2 is 1.97 bits per heavy atom. The molecule has 146 valence electrons. The molecule has 1 amide bonds. The Morgan fingerprint density at radius 3 is 2.69 bits per heavy atom. The van der Waals surface area contributed by atoms with E-state index in [1.807, 2.05) is 34.9 Å². The van der Waals surface area contributed by atoms with Crippen molar-refractivity contribution in [3.8, 4) is 17.1 Å². The zero-order valence-electron chi connectivity index (χ0n) is 14.8. The van der Waals surface area contributed by atoms with Gasteiger partial charge in [-0.2, -0.15) is 0 Å². The third-order valence-electron chi connectivity index (χ3n) is 3.83. The molecule has 0 aliphatic heterocycles. The number of para-hydroxylation sites is 1. The highest BCUT2D eigenvalue weighted by Gasteiger charge is 2.19. The highest BCUT2D eigenvalue weighted by molar-refractivity contribution is 7.99. The zero-order chi connectivity index (χ0) is 20.2. The number of nitrogens with zero attached hydrogens (tertiary/aromatic N) is 4.